The maximum Gasteiger partial charge on any atom is 0.310 e. The maximum absolute atomic E-state index is 12.7. The molecule has 0 aliphatic heterocycles. The Kier molecular flexibility index (Phi) is 14.3. The van der Waals surface area contributed by atoms with Crippen molar-refractivity contribution in [3.05, 3.63) is 54.6 Å². The Labute approximate surface area is 239 Å². The molecule has 7 nitrogen and oxygen atoms in total. The number of unbranched alkanes of at least 4 members (excludes halogenated alkanes) is 3. The summed E-state index contributed by atoms with van der Waals surface area (Å²) in [5, 5.41) is 0. The van der Waals surface area contributed by atoms with Crippen LogP contribution in [0, 0.1) is 17.8 Å². The van der Waals surface area contributed by atoms with Gasteiger partial charge in [0, 0.05) is 5.56 Å². The van der Waals surface area contributed by atoms with Gasteiger partial charge in [-0.15, -0.1) is 0 Å². The van der Waals surface area contributed by atoms with Crippen LogP contribution in [0.4, 0.5) is 0 Å². The van der Waals surface area contributed by atoms with Crippen LogP contribution in [-0.4, -0.2) is 43.3 Å². The number of carbonyl (C=O) groups excluding carboxylic acids is 3. The summed E-state index contributed by atoms with van der Waals surface area (Å²) in [5.74, 6) is -2.57. The fourth-order valence-electron chi connectivity index (χ4n) is 4.31. The van der Waals surface area contributed by atoms with Crippen molar-refractivity contribution in [1.29, 1.82) is 0 Å². The van der Waals surface area contributed by atoms with Crippen LogP contribution < -0.4 is 4.74 Å². The highest BCUT2D eigenvalue weighted by Crippen LogP contribution is 2.30. The lowest BCUT2D eigenvalue weighted by atomic mass is 9.85. The summed E-state index contributed by atoms with van der Waals surface area (Å²) in [5.41, 5.74) is 2.21. The highest BCUT2D eigenvalue weighted by atomic mass is 16.6. The van der Waals surface area contributed by atoms with Crippen molar-refractivity contribution in [3.8, 4) is 16.9 Å². The summed E-state index contributed by atoms with van der Waals surface area (Å²) < 4.78 is 22.2. The van der Waals surface area contributed by atoms with Gasteiger partial charge < -0.3 is 18.9 Å². The molecule has 0 fully saturated rings. The number of hydrogen-bond donors (Lipinski definition) is 0. The number of rotatable bonds is 17. The van der Waals surface area contributed by atoms with Gasteiger partial charge in [0.15, 0.2) is 0 Å². The first-order valence-corrected chi connectivity index (χ1v) is 14.4. The minimum atomic E-state index is -0.789. The number of para-hydroxylation sites is 1. The normalized spacial score (nSPS) is 13.4. The maximum atomic E-state index is 12.7. The van der Waals surface area contributed by atoms with Crippen molar-refractivity contribution >= 4 is 17.9 Å². The Morgan fingerprint density at radius 1 is 0.650 bits per heavy atom. The van der Waals surface area contributed by atoms with Crippen LogP contribution in [0.1, 0.15) is 73.6 Å². The number of carbonyl (C=O) groups is 3. The van der Waals surface area contributed by atoms with Crippen LogP contribution in [0.15, 0.2) is 54.6 Å². The minimum absolute atomic E-state index is 0.153. The van der Waals surface area contributed by atoms with Gasteiger partial charge in [0.25, 0.3) is 0 Å². The van der Waals surface area contributed by atoms with Crippen molar-refractivity contribution in [2.24, 2.45) is 17.8 Å². The second-order valence-corrected chi connectivity index (χ2v) is 10.8. The molecule has 3 atom stereocenters. The average Bonchev–Trinajstić information content (AvgIpc) is 2.92. The van der Waals surface area contributed by atoms with E-state index in [9.17, 15) is 14.4 Å². The third-order valence-corrected chi connectivity index (χ3v) is 6.50. The van der Waals surface area contributed by atoms with Crippen LogP contribution in [0.2, 0.25) is 0 Å². The molecule has 2 aromatic carbocycles. The van der Waals surface area contributed by atoms with Crippen LogP contribution >= 0.6 is 0 Å². The molecule has 40 heavy (non-hydrogen) atoms. The van der Waals surface area contributed by atoms with Crippen molar-refractivity contribution in [2.45, 2.75) is 85.9 Å². The fourth-order valence-corrected chi connectivity index (χ4v) is 4.31. The number of hydrogen-bond acceptors (Lipinski definition) is 7. The van der Waals surface area contributed by atoms with Gasteiger partial charge in [-0.2, -0.15) is 0 Å². The quantitative estimate of drug-likeness (QED) is 0.118. The summed E-state index contributed by atoms with van der Waals surface area (Å²) in [6, 6.07) is 18.2. The molecule has 0 amide bonds. The minimum Gasteiger partial charge on any atom is -0.493 e. The van der Waals surface area contributed by atoms with Gasteiger partial charge in [0.1, 0.15) is 5.75 Å². The Morgan fingerprint density at radius 2 is 1.23 bits per heavy atom. The summed E-state index contributed by atoms with van der Waals surface area (Å²) in [6.07, 6.45) is 3.05. The Morgan fingerprint density at radius 3 is 1.88 bits per heavy atom. The Hall–Kier alpha value is -3.35. The smallest absolute Gasteiger partial charge is 0.310 e. The van der Waals surface area contributed by atoms with Crippen molar-refractivity contribution < 1.29 is 33.3 Å². The van der Waals surface area contributed by atoms with Gasteiger partial charge in [-0.1, -0.05) is 62.4 Å². The molecule has 2 rings (SSSR count). The molecule has 2 aromatic rings. The van der Waals surface area contributed by atoms with E-state index in [2.05, 4.69) is 18.2 Å². The molecule has 220 valence electrons. The molecular formula is C33H46O7. The third-order valence-electron chi connectivity index (χ3n) is 6.50. The molecule has 0 radical (unpaired) electrons. The lowest BCUT2D eigenvalue weighted by Crippen LogP contribution is -2.35. The van der Waals surface area contributed by atoms with Crippen LogP contribution in [0.3, 0.4) is 0 Å². The summed E-state index contributed by atoms with van der Waals surface area (Å²) in [4.78, 5) is 37.8. The zero-order chi connectivity index (χ0) is 29.5. The average molecular weight is 555 g/mol. The zero-order valence-electron chi connectivity index (χ0n) is 24.9. The van der Waals surface area contributed by atoms with E-state index in [1.165, 1.54) is 0 Å². The number of ether oxygens (including phenoxy) is 4. The molecule has 0 bridgehead atoms. The van der Waals surface area contributed by atoms with Gasteiger partial charge in [-0.3, -0.25) is 14.4 Å². The number of esters is 3. The van der Waals surface area contributed by atoms with E-state index < -0.39 is 29.7 Å². The standard InChI is InChI=1S/C33H46O7/c1-23(2)39-32(35)26(6)29(33(36)40-24(3)4)22-25(5)31(34)38-21-15-8-7-14-20-37-30-19-13-12-18-28(30)27-16-10-9-11-17-27/h9-13,16-19,23-26,29H,7-8,14-15,20-22H2,1-6H3. The highest BCUT2D eigenvalue weighted by molar-refractivity contribution is 5.83. The Balaban J connectivity index is 1.72. The van der Waals surface area contributed by atoms with E-state index in [0.29, 0.717) is 13.2 Å². The molecule has 0 N–H and O–H groups in total. The zero-order valence-corrected chi connectivity index (χ0v) is 24.9. The van der Waals surface area contributed by atoms with E-state index >= 15 is 0 Å². The summed E-state index contributed by atoms with van der Waals surface area (Å²) in [6.45, 7) is 11.3. The lowest BCUT2D eigenvalue weighted by Gasteiger charge is -2.25. The van der Waals surface area contributed by atoms with Crippen LogP contribution in [-0.2, 0) is 28.6 Å². The highest BCUT2D eigenvalue weighted by Gasteiger charge is 2.36. The third kappa shape index (κ3) is 11.4. The molecule has 7 heteroatoms. The molecule has 0 aliphatic rings. The molecule has 0 saturated heterocycles. The molecule has 0 aliphatic carbocycles. The van der Waals surface area contributed by atoms with Gasteiger partial charge >= 0.3 is 17.9 Å². The second-order valence-electron chi connectivity index (χ2n) is 10.8. The monoisotopic (exact) mass is 554 g/mol. The van der Waals surface area contributed by atoms with Crippen molar-refractivity contribution in [2.75, 3.05) is 13.2 Å². The van der Waals surface area contributed by atoms with E-state index in [-0.39, 0.29) is 24.6 Å². The van der Waals surface area contributed by atoms with Gasteiger partial charge in [-0.25, -0.2) is 0 Å². The van der Waals surface area contributed by atoms with Gasteiger partial charge in [0.05, 0.1) is 43.2 Å². The molecule has 0 heterocycles. The van der Waals surface area contributed by atoms with Gasteiger partial charge in [0.2, 0.25) is 0 Å². The van der Waals surface area contributed by atoms with E-state index in [0.717, 1.165) is 42.6 Å². The first-order chi connectivity index (χ1) is 19.1. The van der Waals surface area contributed by atoms with E-state index in [4.69, 9.17) is 18.9 Å². The van der Waals surface area contributed by atoms with E-state index in [1.807, 2.05) is 36.4 Å². The van der Waals surface area contributed by atoms with Crippen molar-refractivity contribution in [1.82, 2.24) is 0 Å². The second kappa shape index (κ2) is 17.4. The molecular weight excluding hydrogens is 508 g/mol. The Bertz CT molecular complexity index is 1050. The largest absolute Gasteiger partial charge is 0.493 e. The predicted molar refractivity (Wildman–Crippen MR) is 156 cm³/mol. The predicted octanol–water partition coefficient (Wildman–Crippen LogP) is 7.02. The number of benzene rings is 2. The molecule has 3 unspecified atom stereocenters. The lowest BCUT2D eigenvalue weighted by molar-refractivity contribution is -0.166. The molecule has 0 spiro atoms. The fraction of sp³-hybridized carbons (Fsp3) is 0.545. The summed E-state index contributed by atoms with van der Waals surface area (Å²) >= 11 is 0. The van der Waals surface area contributed by atoms with Crippen LogP contribution in [0.25, 0.3) is 11.1 Å². The van der Waals surface area contributed by atoms with Crippen LogP contribution in [0.5, 0.6) is 5.75 Å². The first-order valence-electron chi connectivity index (χ1n) is 14.4. The van der Waals surface area contributed by atoms with Gasteiger partial charge in [-0.05, 0) is 71.4 Å². The van der Waals surface area contributed by atoms with E-state index in [1.54, 1.807) is 41.5 Å². The summed E-state index contributed by atoms with van der Waals surface area (Å²) in [7, 11) is 0. The molecule has 0 aromatic heterocycles. The van der Waals surface area contributed by atoms with Crippen molar-refractivity contribution in [3.63, 3.8) is 0 Å². The topological polar surface area (TPSA) is 88.1 Å². The SMILES string of the molecule is CC(C)OC(=O)C(C)C(CC(C)C(=O)OCCCCCCOc1ccccc1-c1ccccc1)C(=O)OC(C)C. The molecule has 0 saturated carbocycles. The first kappa shape index (κ1) is 32.9.